The molecule has 2 heteroatoms. The average molecular weight is 506 g/mol. The lowest BCUT2D eigenvalue weighted by molar-refractivity contribution is 0.563. The first-order valence-corrected chi connectivity index (χ1v) is 17.0. The molecule has 0 unspecified atom stereocenters. The summed E-state index contributed by atoms with van der Waals surface area (Å²) in [5.41, 5.74) is 1.40. The third-order valence-corrected chi connectivity index (χ3v) is 8.89. The van der Waals surface area contributed by atoms with Crippen LogP contribution in [0.1, 0.15) is 148 Å². The fourth-order valence-electron chi connectivity index (χ4n) is 4.50. The summed E-state index contributed by atoms with van der Waals surface area (Å²) in [6, 6.07) is 7.18. The number of unbranched alkanes of at least 4 members (excludes halogenated alkanes) is 18. The second-order valence-corrected chi connectivity index (χ2v) is 12.5. The van der Waals surface area contributed by atoms with Gasteiger partial charge in [0.25, 0.3) is 0 Å². The van der Waals surface area contributed by atoms with Crippen LogP contribution in [0.3, 0.4) is 0 Å². The second-order valence-electron chi connectivity index (χ2n) is 10.1. The maximum Gasteiger partial charge on any atom is 0.00858 e. The molecule has 0 nitrogen and oxygen atoms in total. The van der Waals surface area contributed by atoms with E-state index in [0.29, 0.717) is 0 Å². The highest BCUT2D eigenvalue weighted by molar-refractivity contribution is 8.00. The van der Waals surface area contributed by atoms with E-state index in [1.54, 1.807) is 0 Å². The van der Waals surface area contributed by atoms with Crippen molar-refractivity contribution in [3.8, 4) is 0 Å². The summed E-state index contributed by atoms with van der Waals surface area (Å²) in [4.78, 5) is 2.92. The maximum absolute atomic E-state index is 4.14. The van der Waals surface area contributed by atoms with Gasteiger partial charge in [0.2, 0.25) is 0 Å². The highest BCUT2D eigenvalue weighted by Crippen LogP contribution is 2.29. The number of benzene rings is 1. The molecular weight excluding hydrogens is 448 g/mol. The van der Waals surface area contributed by atoms with Crippen molar-refractivity contribution >= 4 is 23.5 Å². The molecule has 0 aromatic heterocycles. The van der Waals surface area contributed by atoms with Gasteiger partial charge in [0.05, 0.1) is 0 Å². The minimum absolute atomic E-state index is 0.901. The molecule has 0 fully saturated rings. The maximum atomic E-state index is 4.14. The molecule has 0 saturated heterocycles. The molecule has 1 aromatic rings. The van der Waals surface area contributed by atoms with Crippen molar-refractivity contribution in [3.63, 3.8) is 0 Å². The van der Waals surface area contributed by atoms with E-state index in [1.165, 1.54) is 155 Å². The van der Waals surface area contributed by atoms with E-state index in [0.717, 1.165) is 6.42 Å². The summed E-state index contributed by atoms with van der Waals surface area (Å²) in [5, 5.41) is 0. The molecule has 34 heavy (non-hydrogen) atoms. The SMILES string of the molecule is [CH2]Cc1cc(SCCCCCCCCCCCC)cc(SCCCCCCCCCCCC)c1. The molecule has 0 atom stereocenters. The smallest absolute Gasteiger partial charge is 0.00858 e. The Bertz CT molecular complexity index is 510. The van der Waals surface area contributed by atoms with Crippen LogP contribution in [0.25, 0.3) is 0 Å². The molecule has 0 amide bonds. The minimum Gasteiger partial charge on any atom is -0.126 e. The third-order valence-electron chi connectivity index (χ3n) is 6.76. The Morgan fingerprint density at radius 3 is 1.12 bits per heavy atom. The topological polar surface area (TPSA) is 0 Å². The van der Waals surface area contributed by atoms with E-state index in [-0.39, 0.29) is 0 Å². The van der Waals surface area contributed by atoms with Gasteiger partial charge in [0.1, 0.15) is 0 Å². The zero-order chi connectivity index (χ0) is 24.5. The first-order chi connectivity index (χ1) is 16.8. The zero-order valence-corrected chi connectivity index (χ0v) is 24.7. The Kier molecular flexibility index (Phi) is 23.1. The summed E-state index contributed by atoms with van der Waals surface area (Å²) in [6.07, 6.45) is 29.3. The van der Waals surface area contributed by atoms with Gasteiger partial charge in [0.15, 0.2) is 0 Å². The lowest BCUT2D eigenvalue weighted by Crippen LogP contribution is -1.88. The summed E-state index contributed by atoms with van der Waals surface area (Å²) in [6.45, 7) is 8.74. The molecule has 0 aliphatic rings. The molecule has 197 valence electrons. The first-order valence-electron chi connectivity index (χ1n) is 15.0. The van der Waals surface area contributed by atoms with Gasteiger partial charge in [-0.15, -0.1) is 23.5 Å². The van der Waals surface area contributed by atoms with Crippen molar-refractivity contribution in [2.45, 2.75) is 158 Å². The molecule has 0 aliphatic carbocycles. The highest BCUT2D eigenvalue weighted by Gasteiger charge is 2.03. The summed E-state index contributed by atoms with van der Waals surface area (Å²) >= 11 is 4.12. The zero-order valence-electron chi connectivity index (χ0n) is 23.0. The van der Waals surface area contributed by atoms with E-state index >= 15 is 0 Å². The molecule has 0 spiro atoms. The molecule has 1 aromatic carbocycles. The van der Waals surface area contributed by atoms with Crippen LogP contribution in [-0.4, -0.2) is 11.5 Å². The lowest BCUT2D eigenvalue weighted by Gasteiger charge is -2.09. The van der Waals surface area contributed by atoms with Crippen molar-refractivity contribution < 1.29 is 0 Å². The third kappa shape index (κ3) is 19.1. The molecule has 0 N–H and O–H groups in total. The summed E-state index contributed by atoms with van der Waals surface area (Å²) in [7, 11) is 0. The lowest BCUT2D eigenvalue weighted by atomic mass is 10.1. The van der Waals surface area contributed by atoms with Gasteiger partial charge >= 0.3 is 0 Å². The average Bonchev–Trinajstić information content (AvgIpc) is 2.85. The fraction of sp³-hybridized carbons (Fsp3) is 0.781. The van der Waals surface area contributed by atoms with Gasteiger partial charge in [-0.3, -0.25) is 0 Å². The van der Waals surface area contributed by atoms with Crippen molar-refractivity contribution in [2.24, 2.45) is 0 Å². The Balaban J connectivity index is 2.10. The van der Waals surface area contributed by atoms with Gasteiger partial charge < -0.3 is 0 Å². The Morgan fingerprint density at radius 2 is 0.794 bits per heavy atom. The molecule has 0 aliphatic heterocycles. The minimum atomic E-state index is 0.901. The van der Waals surface area contributed by atoms with Crippen molar-refractivity contribution in [1.29, 1.82) is 0 Å². The number of rotatable bonds is 25. The predicted octanol–water partition coefficient (Wildman–Crippen LogP) is 12.1. The molecule has 0 saturated carbocycles. The van der Waals surface area contributed by atoms with E-state index in [9.17, 15) is 0 Å². The van der Waals surface area contributed by atoms with Gasteiger partial charge in [-0.05, 0) is 61.5 Å². The van der Waals surface area contributed by atoms with Crippen molar-refractivity contribution in [1.82, 2.24) is 0 Å². The van der Waals surface area contributed by atoms with E-state index in [4.69, 9.17) is 0 Å². The quantitative estimate of drug-likeness (QED) is 0.0956. The largest absolute Gasteiger partial charge is 0.126 e. The molecule has 0 bridgehead atoms. The van der Waals surface area contributed by atoms with Crippen molar-refractivity contribution in [2.75, 3.05) is 11.5 Å². The van der Waals surface area contributed by atoms with Gasteiger partial charge in [-0.1, -0.05) is 129 Å². The second kappa shape index (κ2) is 24.6. The predicted molar refractivity (Wildman–Crippen MR) is 161 cm³/mol. The Labute approximate surface area is 223 Å². The fourth-order valence-corrected chi connectivity index (χ4v) is 6.63. The number of thioether (sulfide) groups is 2. The van der Waals surface area contributed by atoms with Gasteiger partial charge in [-0.25, -0.2) is 0 Å². The first kappa shape index (κ1) is 31.9. The Morgan fingerprint density at radius 1 is 0.471 bits per heavy atom. The summed E-state index contributed by atoms with van der Waals surface area (Å²) < 4.78 is 0. The number of hydrogen-bond donors (Lipinski definition) is 0. The molecule has 1 radical (unpaired) electrons. The Hall–Kier alpha value is -0.0800. The van der Waals surface area contributed by atoms with Crippen LogP contribution in [0.5, 0.6) is 0 Å². The summed E-state index contributed by atoms with van der Waals surface area (Å²) in [5.74, 6) is 2.53. The van der Waals surface area contributed by atoms with Gasteiger partial charge in [0, 0.05) is 9.79 Å². The van der Waals surface area contributed by atoms with E-state index in [2.05, 4.69) is 62.5 Å². The van der Waals surface area contributed by atoms with Gasteiger partial charge in [-0.2, -0.15) is 0 Å². The van der Waals surface area contributed by atoms with Crippen LogP contribution in [-0.2, 0) is 6.42 Å². The van der Waals surface area contributed by atoms with E-state index in [1.807, 2.05) is 0 Å². The normalized spacial score (nSPS) is 11.4. The van der Waals surface area contributed by atoms with Crippen LogP contribution >= 0.6 is 23.5 Å². The monoisotopic (exact) mass is 505 g/mol. The highest BCUT2D eigenvalue weighted by atomic mass is 32.2. The van der Waals surface area contributed by atoms with Crippen LogP contribution in [0.15, 0.2) is 28.0 Å². The van der Waals surface area contributed by atoms with E-state index < -0.39 is 0 Å². The molecule has 1 rings (SSSR count). The molecule has 0 heterocycles. The van der Waals surface area contributed by atoms with Crippen LogP contribution in [0.4, 0.5) is 0 Å². The standard InChI is InChI=1S/C32H57S2/c1-4-7-9-11-13-15-17-19-21-23-25-33-31-27-30(6-3)28-32(29-31)34-26-24-22-20-18-16-14-12-10-8-5-2/h27-29H,3-26H2,1-2H3. The van der Waals surface area contributed by atoms with Crippen LogP contribution < -0.4 is 0 Å². The molecular formula is C32H57S2. The van der Waals surface area contributed by atoms with Crippen molar-refractivity contribution in [3.05, 3.63) is 30.7 Å². The van der Waals surface area contributed by atoms with Crippen LogP contribution in [0.2, 0.25) is 0 Å². The number of hydrogen-bond acceptors (Lipinski definition) is 2. The van der Waals surface area contributed by atoms with Crippen LogP contribution in [0, 0.1) is 6.92 Å².